The van der Waals surface area contributed by atoms with Gasteiger partial charge in [0.05, 0.1) is 11.7 Å². The minimum Gasteiger partial charge on any atom is -0.360 e. The number of ketones is 1. The molecule has 0 bridgehead atoms. The van der Waals surface area contributed by atoms with Gasteiger partial charge in [-0.1, -0.05) is 0 Å². The highest BCUT2D eigenvalue weighted by Gasteiger charge is 2.14. The molecule has 0 aliphatic carbocycles. The van der Waals surface area contributed by atoms with Crippen LogP contribution in [-0.4, -0.2) is 31.6 Å². The van der Waals surface area contributed by atoms with Gasteiger partial charge in [-0.15, -0.1) is 0 Å². The van der Waals surface area contributed by atoms with Gasteiger partial charge in [-0.05, 0) is 45.9 Å². The van der Waals surface area contributed by atoms with E-state index < -0.39 is 17.7 Å². The summed E-state index contributed by atoms with van der Waals surface area (Å²) in [6.45, 7) is 6.91. The van der Waals surface area contributed by atoms with Crippen LogP contribution in [0.3, 0.4) is 0 Å². The topological polar surface area (TPSA) is 84.7 Å². The average molecular weight is 386 g/mol. The van der Waals surface area contributed by atoms with E-state index in [2.05, 4.69) is 25.7 Å². The van der Waals surface area contributed by atoms with Crippen molar-refractivity contribution in [2.75, 3.05) is 10.6 Å². The summed E-state index contributed by atoms with van der Waals surface area (Å²) < 4.78 is 28.2. The van der Waals surface area contributed by atoms with Gasteiger partial charge in [-0.3, -0.25) is 4.79 Å². The van der Waals surface area contributed by atoms with Crippen LogP contribution in [0.5, 0.6) is 0 Å². The molecular weight excluding hydrogens is 366 g/mol. The molecule has 0 amide bonds. The molecule has 146 valence electrons. The Labute approximate surface area is 160 Å². The van der Waals surface area contributed by atoms with E-state index in [0.29, 0.717) is 17.3 Å². The summed E-state index contributed by atoms with van der Waals surface area (Å²) >= 11 is 0. The van der Waals surface area contributed by atoms with Crippen LogP contribution < -0.4 is 10.6 Å². The number of aryl methyl sites for hydroxylation is 2. The van der Waals surface area contributed by atoms with Crippen LogP contribution in [0.1, 0.15) is 25.2 Å². The summed E-state index contributed by atoms with van der Waals surface area (Å²) in [4.78, 5) is 20.4. The first-order valence-corrected chi connectivity index (χ1v) is 8.64. The van der Waals surface area contributed by atoms with E-state index in [-0.39, 0.29) is 11.7 Å². The first-order valence-electron chi connectivity index (χ1n) is 8.64. The number of hydrogen-bond donors (Lipinski definition) is 2. The quantitative estimate of drug-likeness (QED) is 0.672. The van der Waals surface area contributed by atoms with Gasteiger partial charge in [0, 0.05) is 23.5 Å². The third-order valence-corrected chi connectivity index (χ3v) is 4.08. The van der Waals surface area contributed by atoms with Crippen LogP contribution in [0.15, 0.2) is 30.3 Å². The minimum atomic E-state index is -0.971. The van der Waals surface area contributed by atoms with Crippen molar-refractivity contribution in [2.24, 2.45) is 0 Å². The Kier molecular flexibility index (Phi) is 5.34. The maximum atomic E-state index is 13.5. The lowest BCUT2D eigenvalue weighted by Gasteiger charge is -2.15. The Balaban J connectivity index is 2.02. The average Bonchev–Trinajstić information content (AvgIpc) is 2.96. The molecule has 0 saturated carbocycles. The second kappa shape index (κ2) is 7.71. The van der Waals surface area contributed by atoms with Gasteiger partial charge in [-0.2, -0.15) is 15.1 Å². The van der Waals surface area contributed by atoms with E-state index in [4.69, 9.17) is 0 Å². The van der Waals surface area contributed by atoms with Crippen molar-refractivity contribution in [3.63, 3.8) is 0 Å². The van der Waals surface area contributed by atoms with Crippen LogP contribution >= 0.6 is 0 Å². The highest BCUT2D eigenvalue weighted by Crippen LogP contribution is 2.21. The predicted octanol–water partition coefficient (Wildman–Crippen LogP) is 3.69. The second-order valence-corrected chi connectivity index (χ2v) is 6.51. The van der Waals surface area contributed by atoms with Crippen molar-refractivity contribution >= 4 is 23.1 Å². The monoisotopic (exact) mass is 386 g/mol. The molecule has 2 aromatic heterocycles. The zero-order valence-corrected chi connectivity index (χ0v) is 15.9. The molecule has 0 spiro atoms. The molecule has 0 fully saturated rings. The maximum Gasteiger partial charge on any atom is 0.254 e. The normalized spacial score (nSPS) is 11.9. The number of halogens is 2. The fourth-order valence-corrected chi connectivity index (χ4v) is 2.54. The number of Topliss-reactive ketones (excluding diaryl/α,β-unsaturated/α-hetero) is 1. The SMILES string of the molecule is CC(=O)C(C)Nc1cc(Nc2ccc(F)c(F)c2)nc(-n2nc(C)cc2C)n1. The lowest BCUT2D eigenvalue weighted by Crippen LogP contribution is -2.24. The molecule has 28 heavy (non-hydrogen) atoms. The fourth-order valence-electron chi connectivity index (χ4n) is 2.54. The lowest BCUT2D eigenvalue weighted by molar-refractivity contribution is -0.117. The number of carbonyl (C=O) groups excluding carboxylic acids is 1. The summed E-state index contributed by atoms with van der Waals surface area (Å²) in [6, 6.07) is 6.46. The van der Waals surface area contributed by atoms with Crippen LogP contribution in [0.4, 0.5) is 26.1 Å². The summed E-state index contributed by atoms with van der Waals surface area (Å²) in [7, 11) is 0. The molecule has 0 aliphatic rings. The molecule has 1 atom stereocenters. The van der Waals surface area contributed by atoms with Crippen molar-refractivity contribution in [1.29, 1.82) is 0 Å². The number of anilines is 3. The Bertz CT molecular complexity index is 1030. The molecule has 3 rings (SSSR count). The minimum absolute atomic E-state index is 0.0543. The predicted molar refractivity (Wildman–Crippen MR) is 102 cm³/mol. The molecule has 0 radical (unpaired) electrons. The Morgan fingerprint density at radius 1 is 1.07 bits per heavy atom. The molecule has 1 aromatic carbocycles. The van der Waals surface area contributed by atoms with Gasteiger partial charge in [0.1, 0.15) is 11.6 Å². The molecule has 7 nitrogen and oxygen atoms in total. The summed E-state index contributed by atoms with van der Waals surface area (Å²) in [5.74, 6) is -0.958. The smallest absolute Gasteiger partial charge is 0.254 e. The van der Waals surface area contributed by atoms with E-state index in [1.807, 2.05) is 19.9 Å². The summed E-state index contributed by atoms with van der Waals surface area (Å²) in [5, 5.41) is 10.3. The lowest BCUT2D eigenvalue weighted by atomic mass is 10.2. The third kappa shape index (κ3) is 4.30. The molecule has 1 unspecified atom stereocenters. The van der Waals surface area contributed by atoms with Gasteiger partial charge < -0.3 is 10.6 Å². The van der Waals surface area contributed by atoms with E-state index >= 15 is 0 Å². The number of aromatic nitrogens is 4. The molecule has 2 heterocycles. The highest BCUT2D eigenvalue weighted by molar-refractivity contribution is 5.83. The largest absolute Gasteiger partial charge is 0.360 e. The molecule has 3 aromatic rings. The molecule has 0 aliphatic heterocycles. The zero-order valence-electron chi connectivity index (χ0n) is 15.9. The first-order chi connectivity index (χ1) is 13.2. The summed E-state index contributed by atoms with van der Waals surface area (Å²) in [6.07, 6.45) is 0. The van der Waals surface area contributed by atoms with Gasteiger partial charge in [0.2, 0.25) is 0 Å². The Hall–Kier alpha value is -3.36. The van der Waals surface area contributed by atoms with Crippen LogP contribution in [-0.2, 0) is 4.79 Å². The van der Waals surface area contributed by atoms with E-state index in [1.54, 1.807) is 17.7 Å². The van der Waals surface area contributed by atoms with Gasteiger partial charge in [0.25, 0.3) is 5.95 Å². The van der Waals surface area contributed by atoms with Crippen LogP contribution in [0, 0.1) is 25.5 Å². The van der Waals surface area contributed by atoms with Crippen molar-refractivity contribution in [2.45, 2.75) is 33.7 Å². The Morgan fingerprint density at radius 2 is 1.79 bits per heavy atom. The molecular formula is C19H20F2N6O. The number of rotatable bonds is 6. The molecule has 0 saturated heterocycles. The van der Waals surface area contributed by atoms with Gasteiger partial charge in [-0.25, -0.2) is 13.5 Å². The van der Waals surface area contributed by atoms with Crippen molar-refractivity contribution in [1.82, 2.24) is 19.7 Å². The number of carbonyl (C=O) groups is 1. The van der Waals surface area contributed by atoms with Crippen LogP contribution in [0.25, 0.3) is 5.95 Å². The highest BCUT2D eigenvalue weighted by atomic mass is 19.2. The van der Waals surface area contributed by atoms with E-state index in [1.165, 1.54) is 13.0 Å². The molecule has 2 N–H and O–H groups in total. The Morgan fingerprint density at radius 3 is 2.39 bits per heavy atom. The fraction of sp³-hybridized carbons (Fsp3) is 0.263. The number of benzene rings is 1. The van der Waals surface area contributed by atoms with Crippen molar-refractivity contribution in [3.05, 3.63) is 53.4 Å². The second-order valence-electron chi connectivity index (χ2n) is 6.51. The third-order valence-electron chi connectivity index (χ3n) is 4.08. The zero-order chi connectivity index (χ0) is 20.4. The van der Waals surface area contributed by atoms with E-state index in [9.17, 15) is 13.6 Å². The van der Waals surface area contributed by atoms with Crippen molar-refractivity contribution in [3.8, 4) is 5.95 Å². The standard InChI is InChI=1S/C19H20F2N6O/c1-10-7-11(2)27(26-10)19-24-17(22-12(3)13(4)28)9-18(25-19)23-14-5-6-15(20)16(21)8-14/h5-9,12H,1-4H3,(H2,22,23,24,25). The van der Waals surface area contributed by atoms with E-state index in [0.717, 1.165) is 23.5 Å². The van der Waals surface area contributed by atoms with Crippen LogP contribution in [0.2, 0.25) is 0 Å². The van der Waals surface area contributed by atoms with Crippen molar-refractivity contribution < 1.29 is 13.6 Å². The number of nitrogens with zero attached hydrogens (tertiary/aromatic N) is 4. The molecule has 9 heteroatoms. The first kappa shape index (κ1) is 19.4. The van der Waals surface area contributed by atoms with Gasteiger partial charge >= 0.3 is 0 Å². The van der Waals surface area contributed by atoms with Gasteiger partial charge in [0.15, 0.2) is 17.4 Å². The summed E-state index contributed by atoms with van der Waals surface area (Å²) in [5.41, 5.74) is 1.95. The number of nitrogens with one attached hydrogen (secondary N) is 2. The number of hydrogen-bond acceptors (Lipinski definition) is 6. The maximum absolute atomic E-state index is 13.5.